The van der Waals surface area contributed by atoms with E-state index in [-0.39, 0.29) is 0 Å². The molecule has 0 saturated heterocycles. The first-order valence-corrected chi connectivity index (χ1v) is 6.65. The Labute approximate surface area is 120 Å². The Kier molecular flexibility index (Phi) is 9.24. The quantitative estimate of drug-likeness (QED) is 0.580. The molecule has 0 amide bonds. The molecule has 0 unspecified atom stereocenters. The third kappa shape index (κ3) is 7.10. The van der Waals surface area contributed by atoms with Gasteiger partial charge in [0.05, 0.1) is 25.4 Å². The van der Waals surface area contributed by atoms with Crippen molar-refractivity contribution in [2.75, 3.05) is 46.8 Å². The van der Waals surface area contributed by atoms with E-state index < -0.39 is 0 Å². The number of nitriles is 1. The van der Waals surface area contributed by atoms with Gasteiger partial charge in [-0.3, -0.25) is 0 Å². The van der Waals surface area contributed by atoms with Crippen LogP contribution in [0.1, 0.15) is 12.0 Å². The molecular formula is C15H21NO4. The standard InChI is InChI=1S/C15H21NO4/c1-17-9-10-18-7-4-8-19-11-12-20-15-6-3-2-5-14(15)13-16/h2-3,5-6H,4,7-12H2,1H3. The van der Waals surface area contributed by atoms with Gasteiger partial charge in [-0.25, -0.2) is 0 Å². The molecule has 1 aromatic carbocycles. The molecule has 1 aromatic rings. The summed E-state index contributed by atoms with van der Waals surface area (Å²) in [5.41, 5.74) is 0.541. The van der Waals surface area contributed by atoms with Crippen molar-refractivity contribution >= 4 is 0 Å². The Balaban J connectivity index is 1.98. The predicted molar refractivity (Wildman–Crippen MR) is 74.8 cm³/mol. The van der Waals surface area contributed by atoms with Gasteiger partial charge in [-0.2, -0.15) is 5.26 Å². The van der Waals surface area contributed by atoms with E-state index in [4.69, 9.17) is 24.2 Å². The van der Waals surface area contributed by atoms with Gasteiger partial charge in [0, 0.05) is 20.3 Å². The normalized spacial score (nSPS) is 10.2. The van der Waals surface area contributed by atoms with Crippen LogP contribution < -0.4 is 4.74 Å². The number of hydrogen-bond donors (Lipinski definition) is 0. The lowest BCUT2D eigenvalue weighted by Gasteiger charge is -2.08. The molecule has 0 spiro atoms. The van der Waals surface area contributed by atoms with Crippen LogP contribution in [0, 0.1) is 11.3 Å². The maximum atomic E-state index is 8.90. The fourth-order valence-corrected chi connectivity index (χ4v) is 1.50. The lowest BCUT2D eigenvalue weighted by molar-refractivity contribution is 0.0458. The predicted octanol–water partition coefficient (Wildman–Crippen LogP) is 2.01. The van der Waals surface area contributed by atoms with Gasteiger partial charge in [0.2, 0.25) is 0 Å². The Morgan fingerprint density at radius 2 is 1.65 bits per heavy atom. The van der Waals surface area contributed by atoms with E-state index in [0.29, 0.717) is 51.0 Å². The summed E-state index contributed by atoms with van der Waals surface area (Å²) in [4.78, 5) is 0. The number of ether oxygens (including phenoxy) is 4. The average molecular weight is 279 g/mol. The smallest absolute Gasteiger partial charge is 0.137 e. The first-order chi connectivity index (χ1) is 9.88. The summed E-state index contributed by atoms with van der Waals surface area (Å²) in [7, 11) is 1.65. The minimum atomic E-state index is 0.434. The van der Waals surface area contributed by atoms with Crippen LogP contribution in [0.25, 0.3) is 0 Å². The topological polar surface area (TPSA) is 60.7 Å². The third-order valence-electron chi connectivity index (χ3n) is 2.50. The number of benzene rings is 1. The van der Waals surface area contributed by atoms with E-state index >= 15 is 0 Å². The Bertz CT molecular complexity index is 403. The second kappa shape index (κ2) is 11.2. The van der Waals surface area contributed by atoms with E-state index in [1.54, 1.807) is 19.2 Å². The molecule has 20 heavy (non-hydrogen) atoms. The van der Waals surface area contributed by atoms with Crippen molar-refractivity contribution < 1.29 is 18.9 Å². The zero-order valence-corrected chi connectivity index (χ0v) is 11.8. The molecule has 0 aliphatic carbocycles. The lowest BCUT2D eigenvalue weighted by Crippen LogP contribution is -2.10. The van der Waals surface area contributed by atoms with E-state index in [1.807, 2.05) is 12.1 Å². The van der Waals surface area contributed by atoms with Crippen LogP contribution in [0.2, 0.25) is 0 Å². The van der Waals surface area contributed by atoms with Crippen LogP contribution in [-0.2, 0) is 14.2 Å². The molecule has 0 atom stereocenters. The molecule has 0 saturated carbocycles. The maximum Gasteiger partial charge on any atom is 0.137 e. The fraction of sp³-hybridized carbons (Fsp3) is 0.533. The second-order valence-electron chi connectivity index (χ2n) is 4.03. The molecule has 5 heteroatoms. The van der Waals surface area contributed by atoms with Crippen LogP contribution in [-0.4, -0.2) is 46.8 Å². The van der Waals surface area contributed by atoms with Crippen LogP contribution in [0.4, 0.5) is 0 Å². The highest BCUT2D eigenvalue weighted by Crippen LogP contribution is 2.16. The minimum absolute atomic E-state index is 0.434. The maximum absolute atomic E-state index is 8.90. The van der Waals surface area contributed by atoms with Crippen molar-refractivity contribution in [2.45, 2.75) is 6.42 Å². The molecule has 0 aromatic heterocycles. The van der Waals surface area contributed by atoms with Crippen molar-refractivity contribution in [1.82, 2.24) is 0 Å². The summed E-state index contributed by atoms with van der Waals surface area (Å²) in [5, 5.41) is 8.90. The van der Waals surface area contributed by atoms with Crippen molar-refractivity contribution in [2.24, 2.45) is 0 Å². The summed E-state index contributed by atoms with van der Waals surface area (Å²) in [6, 6.07) is 9.25. The van der Waals surface area contributed by atoms with Gasteiger partial charge in [-0.1, -0.05) is 12.1 Å². The highest BCUT2D eigenvalue weighted by molar-refractivity contribution is 5.42. The van der Waals surface area contributed by atoms with Crippen molar-refractivity contribution in [3.8, 4) is 11.8 Å². The zero-order valence-electron chi connectivity index (χ0n) is 11.8. The van der Waals surface area contributed by atoms with Gasteiger partial charge < -0.3 is 18.9 Å². The van der Waals surface area contributed by atoms with E-state index in [1.165, 1.54) is 0 Å². The van der Waals surface area contributed by atoms with Gasteiger partial charge in [-0.15, -0.1) is 0 Å². The number of hydrogen-bond acceptors (Lipinski definition) is 5. The molecule has 0 aliphatic heterocycles. The van der Waals surface area contributed by atoms with Crippen molar-refractivity contribution in [3.63, 3.8) is 0 Å². The van der Waals surface area contributed by atoms with Crippen molar-refractivity contribution in [1.29, 1.82) is 5.26 Å². The molecule has 0 heterocycles. The van der Waals surface area contributed by atoms with Crippen molar-refractivity contribution in [3.05, 3.63) is 29.8 Å². The Hall–Kier alpha value is -1.61. The first kappa shape index (κ1) is 16.4. The van der Waals surface area contributed by atoms with Crippen LogP contribution >= 0.6 is 0 Å². The number of rotatable bonds is 11. The third-order valence-corrected chi connectivity index (χ3v) is 2.50. The molecular weight excluding hydrogens is 258 g/mol. The van der Waals surface area contributed by atoms with Gasteiger partial charge in [0.15, 0.2) is 0 Å². The highest BCUT2D eigenvalue weighted by Gasteiger charge is 2.00. The summed E-state index contributed by atoms with van der Waals surface area (Å²) >= 11 is 0. The van der Waals surface area contributed by atoms with Gasteiger partial charge >= 0.3 is 0 Å². The summed E-state index contributed by atoms with van der Waals surface area (Å²) in [6.07, 6.45) is 0.846. The Morgan fingerprint density at radius 1 is 0.950 bits per heavy atom. The van der Waals surface area contributed by atoms with Crippen LogP contribution in [0.5, 0.6) is 5.75 Å². The van der Waals surface area contributed by atoms with E-state index in [0.717, 1.165) is 6.42 Å². The monoisotopic (exact) mass is 279 g/mol. The molecule has 0 fully saturated rings. The number of nitrogens with zero attached hydrogens (tertiary/aromatic N) is 1. The highest BCUT2D eigenvalue weighted by atomic mass is 16.5. The average Bonchev–Trinajstić information content (AvgIpc) is 2.49. The van der Waals surface area contributed by atoms with Crippen LogP contribution in [0.3, 0.4) is 0 Å². The van der Waals surface area contributed by atoms with E-state index in [9.17, 15) is 0 Å². The summed E-state index contributed by atoms with van der Waals surface area (Å²) < 4.78 is 21.1. The largest absolute Gasteiger partial charge is 0.490 e. The molecule has 5 nitrogen and oxygen atoms in total. The molecule has 1 rings (SSSR count). The SMILES string of the molecule is COCCOCCCOCCOc1ccccc1C#N. The first-order valence-electron chi connectivity index (χ1n) is 6.65. The van der Waals surface area contributed by atoms with Gasteiger partial charge in [0.1, 0.15) is 18.4 Å². The second-order valence-corrected chi connectivity index (χ2v) is 4.03. The molecule has 0 aliphatic rings. The molecule has 0 radical (unpaired) electrons. The van der Waals surface area contributed by atoms with Gasteiger partial charge in [0.25, 0.3) is 0 Å². The van der Waals surface area contributed by atoms with Gasteiger partial charge in [-0.05, 0) is 18.6 Å². The van der Waals surface area contributed by atoms with E-state index in [2.05, 4.69) is 6.07 Å². The fourth-order valence-electron chi connectivity index (χ4n) is 1.50. The molecule has 110 valence electrons. The molecule has 0 N–H and O–H groups in total. The molecule has 0 bridgehead atoms. The summed E-state index contributed by atoms with van der Waals surface area (Å²) in [5.74, 6) is 0.599. The minimum Gasteiger partial charge on any atom is -0.490 e. The number of methoxy groups -OCH3 is 1. The summed E-state index contributed by atoms with van der Waals surface area (Å²) in [6.45, 7) is 3.47. The lowest BCUT2D eigenvalue weighted by atomic mass is 10.2. The zero-order chi connectivity index (χ0) is 14.5. The number of para-hydroxylation sites is 1. The Morgan fingerprint density at radius 3 is 2.35 bits per heavy atom. The van der Waals surface area contributed by atoms with Crippen LogP contribution in [0.15, 0.2) is 24.3 Å².